The monoisotopic (exact) mass is 426 g/mol. The van der Waals surface area contributed by atoms with Crippen molar-refractivity contribution in [1.82, 2.24) is 24.8 Å². The lowest BCUT2D eigenvalue weighted by molar-refractivity contribution is -0.137. The van der Waals surface area contributed by atoms with Crippen molar-refractivity contribution in [2.24, 2.45) is 0 Å². The minimum absolute atomic E-state index is 0.393. The second-order valence-corrected chi connectivity index (χ2v) is 7.33. The third-order valence-electron chi connectivity index (χ3n) is 5.21. The summed E-state index contributed by atoms with van der Waals surface area (Å²) in [5.74, 6) is 0.686. The zero-order valence-electron chi connectivity index (χ0n) is 17.4. The van der Waals surface area contributed by atoms with E-state index >= 15 is 0 Å². The van der Waals surface area contributed by atoms with Gasteiger partial charge in [0.05, 0.1) is 6.33 Å². The molecule has 10 heteroatoms. The van der Waals surface area contributed by atoms with Gasteiger partial charge in [-0.15, -0.1) is 0 Å². The SMILES string of the molecule is CCNC(=O)[C@H]1O[C@@H](n2cnc3c(NCc4ccccc4)nc(CC)nc32)[C@H](O)[C@@H]1O. The number of nitrogens with zero attached hydrogens (tertiary/aromatic N) is 4. The van der Waals surface area contributed by atoms with Gasteiger partial charge in [0.25, 0.3) is 5.91 Å². The fraction of sp³-hybridized carbons (Fsp3) is 0.429. The van der Waals surface area contributed by atoms with Crippen molar-refractivity contribution in [3.05, 3.63) is 48.0 Å². The first-order valence-corrected chi connectivity index (χ1v) is 10.3. The van der Waals surface area contributed by atoms with E-state index in [9.17, 15) is 15.0 Å². The standard InChI is InChI=1S/C21H26N6O4/c1-3-13-25-18(23-10-12-8-6-5-7-9-12)14-19(26-13)27(11-24-14)21-16(29)15(28)17(31-21)20(30)22-4-2/h5-9,11,15-17,21,28-29H,3-4,10H2,1-2H3,(H,22,30)(H,23,25,26)/t15-,16+,17-,21+/m0/s1. The van der Waals surface area contributed by atoms with Crippen LogP contribution in [0.15, 0.2) is 36.7 Å². The van der Waals surface area contributed by atoms with E-state index in [0.29, 0.717) is 42.3 Å². The van der Waals surface area contributed by atoms with Crippen LogP contribution >= 0.6 is 0 Å². The molecule has 4 rings (SSSR count). The fourth-order valence-corrected chi connectivity index (χ4v) is 3.59. The van der Waals surface area contributed by atoms with Crippen LogP contribution in [-0.2, 0) is 22.5 Å². The van der Waals surface area contributed by atoms with Gasteiger partial charge in [-0.3, -0.25) is 9.36 Å². The molecule has 31 heavy (non-hydrogen) atoms. The number of amides is 1. The molecule has 0 spiro atoms. The Labute approximate surface area is 179 Å². The molecule has 3 aromatic rings. The van der Waals surface area contributed by atoms with E-state index in [1.165, 1.54) is 10.9 Å². The fourth-order valence-electron chi connectivity index (χ4n) is 3.59. The van der Waals surface area contributed by atoms with Crippen LogP contribution in [0.4, 0.5) is 5.82 Å². The number of rotatable bonds is 7. The van der Waals surface area contributed by atoms with E-state index in [1.54, 1.807) is 6.92 Å². The molecule has 3 heterocycles. The molecular weight excluding hydrogens is 400 g/mol. The molecule has 0 aliphatic carbocycles. The molecular formula is C21H26N6O4. The van der Waals surface area contributed by atoms with Crippen molar-refractivity contribution in [2.45, 2.75) is 51.4 Å². The van der Waals surface area contributed by atoms with Gasteiger partial charge in [-0.25, -0.2) is 15.0 Å². The zero-order valence-corrected chi connectivity index (χ0v) is 17.4. The molecule has 10 nitrogen and oxygen atoms in total. The first kappa shape index (κ1) is 21.2. The third-order valence-corrected chi connectivity index (χ3v) is 5.21. The average molecular weight is 426 g/mol. The molecule has 0 radical (unpaired) electrons. The lowest BCUT2D eigenvalue weighted by Gasteiger charge is -2.17. The summed E-state index contributed by atoms with van der Waals surface area (Å²) in [5, 5.41) is 26.8. The number of aliphatic hydroxyl groups excluding tert-OH is 2. The van der Waals surface area contributed by atoms with Crippen LogP contribution in [0.25, 0.3) is 11.2 Å². The van der Waals surface area contributed by atoms with E-state index in [2.05, 4.69) is 25.6 Å². The number of fused-ring (bicyclic) bond motifs is 1. The number of imidazole rings is 1. The Kier molecular flexibility index (Phi) is 6.12. The van der Waals surface area contributed by atoms with Gasteiger partial charge in [0.2, 0.25) is 0 Å². The zero-order chi connectivity index (χ0) is 22.0. The number of aliphatic hydroxyl groups is 2. The van der Waals surface area contributed by atoms with Gasteiger partial charge >= 0.3 is 0 Å². The minimum Gasteiger partial charge on any atom is -0.387 e. The Balaban J connectivity index is 1.66. The highest BCUT2D eigenvalue weighted by atomic mass is 16.6. The average Bonchev–Trinajstić information content (AvgIpc) is 3.34. The van der Waals surface area contributed by atoms with Crippen molar-refractivity contribution >= 4 is 22.9 Å². The van der Waals surface area contributed by atoms with Gasteiger partial charge in [-0.1, -0.05) is 37.3 Å². The van der Waals surface area contributed by atoms with Crippen molar-refractivity contribution in [1.29, 1.82) is 0 Å². The van der Waals surface area contributed by atoms with Gasteiger partial charge < -0.3 is 25.6 Å². The van der Waals surface area contributed by atoms with E-state index in [-0.39, 0.29) is 0 Å². The summed E-state index contributed by atoms with van der Waals surface area (Å²) in [7, 11) is 0. The van der Waals surface area contributed by atoms with Crippen LogP contribution in [-0.4, -0.2) is 60.5 Å². The predicted octanol–water partition coefficient (Wildman–Crippen LogP) is 0.756. The summed E-state index contributed by atoms with van der Waals surface area (Å²) in [6.07, 6.45) is -2.79. The molecule has 1 saturated heterocycles. The number of anilines is 1. The van der Waals surface area contributed by atoms with E-state index in [4.69, 9.17) is 4.74 Å². The minimum atomic E-state index is -1.36. The first-order valence-electron chi connectivity index (χ1n) is 10.3. The summed E-state index contributed by atoms with van der Waals surface area (Å²) in [6.45, 7) is 4.66. The second kappa shape index (κ2) is 8.96. The van der Waals surface area contributed by atoms with Crippen molar-refractivity contribution in [3.8, 4) is 0 Å². The quantitative estimate of drug-likeness (QED) is 0.435. The topological polar surface area (TPSA) is 134 Å². The Morgan fingerprint density at radius 2 is 1.94 bits per heavy atom. The van der Waals surface area contributed by atoms with Crippen LogP contribution in [0, 0.1) is 0 Å². The largest absolute Gasteiger partial charge is 0.387 e. The van der Waals surface area contributed by atoms with Crippen LogP contribution in [0.2, 0.25) is 0 Å². The summed E-state index contributed by atoms with van der Waals surface area (Å²) in [6, 6.07) is 9.91. The Morgan fingerprint density at radius 3 is 2.65 bits per heavy atom. The molecule has 1 aliphatic heterocycles. The Bertz CT molecular complexity index is 1060. The van der Waals surface area contributed by atoms with Gasteiger partial charge in [0, 0.05) is 19.5 Å². The molecule has 0 bridgehead atoms. The van der Waals surface area contributed by atoms with Crippen molar-refractivity contribution in [3.63, 3.8) is 0 Å². The maximum atomic E-state index is 12.2. The lowest BCUT2D eigenvalue weighted by atomic mass is 10.1. The van der Waals surface area contributed by atoms with E-state index in [0.717, 1.165) is 5.56 Å². The number of carbonyl (C=O) groups is 1. The molecule has 164 valence electrons. The lowest BCUT2D eigenvalue weighted by Crippen LogP contribution is -2.42. The number of nitrogens with one attached hydrogen (secondary N) is 2. The van der Waals surface area contributed by atoms with Crippen LogP contribution in [0.1, 0.15) is 31.5 Å². The summed E-state index contributed by atoms with van der Waals surface area (Å²) in [4.78, 5) is 25.7. The van der Waals surface area contributed by atoms with Crippen LogP contribution < -0.4 is 10.6 Å². The normalized spacial score (nSPS) is 23.2. The number of aryl methyl sites for hydroxylation is 1. The summed E-state index contributed by atoms with van der Waals surface area (Å²) >= 11 is 0. The number of hydrogen-bond acceptors (Lipinski definition) is 8. The Morgan fingerprint density at radius 1 is 1.16 bits per heavy atom. The molecule has 4 atom stereocenters. The van der Waals surface area contributed by atoms with Gasteiger partial charge in [0.1, 0.15) is 18.0 Å². The molecule has 4 N–H and O–H groups in total. The first-order chi connectivity index (χ1) is 15.0. The second-order valence-electron chi connectivity index (χ2n) is 7.33. The predicted molar refractivity (Wildman–Crippen MR) is 113 cm³/mol. The smallest absolute Gasteiger partial charge is 0.252 e. The molecule has 1 aliphatic rings. The molecule has 1 amide bonds. The highest BCUT2D eigenvalue weighted by Gasteiger charge is 2.47. The molecule has 1 aromatic carbocycles. The van der Waals surface area contributed by atoms with Crippen LogP contribution in [0.3, 0.4) is 0 Å². The number of ether oxygens (including phenoxy) is 1. The number of hydrogen-bond donors (Lipinski definition) is 4. The number of carbonyl (C=O) groups excluding carboxylic acids is 1. The summed E-state index contributed by atoms with van der Waals surface area (Å²) in [5.41, 5.74) is 2.06. The van der Waals surface area contributed by atoms with Gasteiger partial charge in [-0.05, 0) is 12.5 Å². The molecule has 0 unspecified atom stereocenters. The highest BCUT2D eigenvalue weighted by molar-refractivity contribution is 5.84. The van der Waals surface area contributed by atoms with Crippen LogP contribution in [0.5, 0.6) is 0 Å². The summed E-state index contributed by atoms with van der Waals surface area (Å²) < 4.78 is 7.26. The third kappa shape index (κ3) is 4.09. The number of likely N-dealkylation sites (N-methyl/N-ethyl adjacent to an activating group) is 1. The maximum absolute atomic E-state index is 12.2. The van der Waals surface area contributed by atoms with Crippen molar-refractivity contribution < 1.29 is 19.7 Å². The Hall–Kier alpha value is -3.08. The van der Waals surface area contributed by atoms with Crippen molar-refractivity contribution in [2.75, 3.05) is 11.9 Å². The van der Waals surface area contributed by atoms with E-state index < -0.39 is 30.4 Å². The number of benzene rings is 1. The molecule has 2 aromatic heterocycles. The van der Waals surface area contributed by atoms with Gasteiger partial charge in [-0.2, -0.15) is 0 Å². The maximum Gasteiger partial charge on any atom is 0.252 e. The highest BCUT2D eigenvalue weighted by Crippen LogP contribution is 2.32. The van der Waals surface area contributed by atoms with Gasteiger partial charge in [0.15, 0.2) is 29.3 Å². The molecule has 0 saturated carbocycles. The van der Waals surface area contributed by atoms with E-state index in [1.807, 2.05) is 37.3 Å². The number of aromatic nitrogens is 4. The molecule has 1 fully saturated rings.